The molecule has 0 N–H and O–H groups in total. The Labute approximate surface area is 169 Å². The number of rotatable bonds is 5. The van der Waals surface area contributed by atoms with E-state index in [1.54, 1.807) is 6.20 Å². The summed E-state index contributed by atoms with van der Waals surface area (Å²) in [4.78, 5) is 21.6. The molecule has 0 spiro atoms. The number of nitrogens with zero attached hydrogens (tertiary/aromatic N) is 5. The molecule has 0 aliphatic carbocycles. The second kappa shape index (κ2) is 8.54. The summed E-state index contributed by atoms with van der Waals surface area (Å²) in [6.45, 7) is 4.46. The van der Waals surface area contributed by atoms with Crippen molar-refractivity contribution in [2.75, 3.05) is 37.6 Å². The van der Waals surface area contributed by atoms with Crippen molar-refractivity contribution in [3.05, 3.63) is 82.0 Å². The van der Waals surface area contributed by atoms with Crippen LogP contribution in [0.2, 0.25) is 5.02 Å². The highest BCUT2D eigenvalue weighted by atomic mass is 35.5. The van der Waals surface area contributed by atoms with Crippen LogP contribution in [0.15, 0.2) is 65.7 Å². The molecule has 1 saturated heterocycles. The minimum atomic E-state index is -0.289. The molecule has 2 aromatic heterocycles. The SMILES string of the molecule is O=c1c(Cl)c(N2CCN(CCc3ccccn3)CC2)cnn1-c1ccccc1. The van der Waals surface area contributed by atoms with Crippen molar-refractivity contribution in [3.63, 3.8) is 0 Å². The lowest BCUT2D eigenvalue weighted by molar-refractivity contribution is 0.260. The third kappa shape index (κ3) is 4.08. The molecule has 0 saturated carbocycles. The number of para-hydroxylation sites is 1. The molecule has 0 atom stereocenters. The minimum absolute atomic E-state index is 0.223. The van der Waals surface area contributed by atoms with Crippen LogP contribution in [0.1, 0.15) is 5.69 Å². The number of piperazine rings is 1. The molecule has 7 heteroatoms. The smallest absolute Gasteiger partial charge is 0.292 e. The minimum Gasteiger partial charge on any atom is -0.366 e. The van der Waals surface area contributed by atoms with Crippen LogP contribution >= 0.6 is 11.6 Å². The fourth-order valence-electron chi connectivity index (χ4n) is 3.43. The predicted molar refractivity (Wildman–Crippen MR) is 111 cm³/mol. The van der Waals surface area contributed by atoms with Gasteiger partial charge in [-0.05, 0) is 24.3 Å². The first kappa shape index (κ1) is 18.7. The third-order valence-electron chi connectivity index (χ3n) is 5.02. The first-order chi connectivity index (χ1) is 13.7. The molecule has 28 heavy (non-hydrogen) atoms. The van der Waals surface area contributed by atoms with Gasteiger partial charge in [0.15, 0.2) is 0 Å². The Balaban J connectivity index is 1.41. The summed E-state index contributed by atoms with van der Waals surface area (Å²) in [5.74, 6) is 0. The van der Waals surface area contributed by atoms with E-state index in [-0.39, 0.29) is 10.6 Å². The van der Waals surface area contributed by atoms with Gasteiger partial charge in [0.05, 0.1) is 17.6 Å². The number of pyridine rings is 1. The number of halogens is 1. The average molecular weight is 396 g/mol. The molecule has 0 radical (unpaired) electrons. The van der Waals surface area contributed by atoms with Crippen molar-refractivity contribution in [2.24, 2.45) is 0 Å². The van der Waals surface area contributed by atoms with Gasteiger partial charge in [-0.1, -0.05) is 35.9 Å². The van der Waals surface area contributed by atoms with Crippen molar-refractivity contribution in [1.29, 1.82) is 0 Å². The maximum atomic E-state index is 12.7. The maximum Gasteiger partial charge on any atom is 0.292 e. The molecular weight excluding hydrogens is 374 g/mol. The van der Waals surface area contributed by atoms with Crippen molar-refractivity contribution < 1.29 is 0 Å². The zero-order valence-corrected chi connectivity index (χ0v) is 16.3. The number of benzene rings is 1. The van der Waals surface area contributed by atoms with Crippen LogP contribution < -0.4 is 10.5 Å². The van der Waals surface area contributed by atoms with Crippen LogP contribution in [0, 0.1) is 0 Å². The number of hydrogen-bond donors (Lipinski definition) is 0. The Morgan fingerprint density at radius 3 is 2.43 bits per heavy atom. The van der Waals surface area contributed by atoms with Gasteiger partial charge < -0.3 is 4.90 Å². The average Bonchev–Trinajstić information content (AvgIpc) is 2.76. The monoisotopic (exact) mass is 395 g/mol. The molecule has 4 rings (SSSR count). The number of anilines is 1. The van der Waals surface area contributed by atoms with Crippen LogP contribution in [-0.2, 0) is 6.42 Å². The molecule has 6 nitrogen and oxygen atoms in total. The maximum absolute atomic E-state index is 12.7. The van der Waals surface area contributed by atoms with Crippen molar-refractivity contribution >= 4 is 17.3 Å². The van der Waals surface area contributed by atoms with Crippen molar-refractivity contribution in [1.82, 2.24) is 19.7 Å². The summed E-state index contributed by atoms with van der Waals surface area (Å²) in [5.41, 5.74) is 2.24. The fourth-order valence-corrected chi connectivity index (χ4v) is 3.68. The highest BCUT2D eigenvalue weighted by Crippen LogP contribution is 2.23. The molecular formula is C21H22ClN5O. The molecule has 1 fully saturated rings. The van der Waals surface area contributed by atoms with Gasteiger partial charge in [0.1, 0.15) is 5.02 Å². The fraction of sp³-hybridized carbons (Fsp3) is 0.286. The van der Waals surface area contributed by atoms with Gasteiger partial charge in [0.2, 0.25) is 0 Å². The van der Waals surface area contributed by atoms with E-state index in [2.05, 4.69) is 25.9 Å². The van der Waals surface area contributed by atoms with E-state index in [0.717, 1.165) is 44.8 Å². The van der Waals surface area contributed by atoms with E-state index in [0.29, 0.717) is 11.4 Å². The first-order valence-electron chi connectivity index (χ1n) is 9.43. The molecule has 0 amide bonds. The van der Waals surface area contributed by atoms with Crippen LogP contribution in [0.3, 0.4) is 0 Å². The van der Waals surface area contributed by atoms with Gasteiger partial charge >= 0.3 is 0 Å². The quantitative estimate of drug-likeness (QED) is 0.664. The van der Waals surface area contributed by atoms with Crippen LogP contribution in [-0.4, -0.2) is 52.4 Å². The van der Waals surface area contributed by atoms with E-state index in [1.807, 2.05) is 48.7 Å². The van der Waals surface area contributed by atoms with Crippen LogP contribution in [0.25, 0.3) is 5.69 Å². The topological polar surface area (TPSA) is 54.3 Å². The second-order valence-corrected chi connectivity index (χ2v) is 7.17. The molecule has 1 aromatic carbocycles. The third-order valence-corrected chi connectivity index (χ3v) is 5.38. The van der Waals surface area contributed by atoms with Gasteiger partial charge in [-0.2, -0.15) is 9.78 Å². The molecule has 0 unspecified atom stereocenters. The molecule has 3 heterocycles. The zero-order valence-electron chi connectivity index (χ0n) is 15.5. The normalized spacial score (nSPS) is 15.0. The van der Waals surface area contributed by atoms with Crippen molar-refractivity contribution in [2.45, 2.75) is 6.42 Å². The van der Waals surface area contributed by atoms with Gasteiger partial charge in [-0.15, -0.1) is 0 Å². The van der Waals surface area contributed by atoms with Crippen molar-refractivity contribution in [3.8, 4) is 5.69 Å². The van der Waals surface area contributed by atoms with Crippen LogP contribution in [0.4, 0.5) is 5.69 Å². The predicted octanol–water partition coefficient (Wildman–Crippen LogP) is 2.65. The van der Waals surface area contributed by atoms with Gasteiger partial charge in [0, 0.05) is 51.0 Å². The Kier molecular flexibility index (Phi) is 5.69. The molecule has 1 aliphatic rings. The Bertz CT molecular complexity index is 969. The highest BCUT2D eigenvalue weighted by Gasteiger charge is 2.21. The standard InChI is InChI=1S/C21H22ClN5O/c22-20-19(16-24-27(21(20)28)18-7-2-1-3-8-18)26-14-12-25(13-15-26)11-9-17-6-4-5-10-23-17/h1-8,10,16H,9,11-15H2. The summed E-state index contributed by atoms with van der Waals surface area (Å²) in [6, 6.07) is 15.3. The van der Waals surface area contributed by atoms with E-state index in [1.165, 1.54) is 4.68 Å². The second-order valence-electron chi connectivity index (χ2n) is 6.80. The zero-order chi connectivity index (χ0) is 19.3. The number of hydrogen-bond acceptors (Lipinski definition) is 5. The van der Waals surface area contributed by atoms with E-state index in [9.17, 15) is 4.79 Å². The molecule has 3 aromatic rings. The van der Waals surface area contributed by atoms with Crippen LogP contribution in [0.5, 0.6) is 0 Å². The van der Waals surface area contributed by atoms with Gasteiger partial charge in [0.25, 0.3) is 5.56 Å². The van der Waals surface area contributed by atoms with E-state index >= 15 is 0 Å². The summed E-state index contributed by atoms with van der Waals surface area (Å²) < 4.78 is 1.34. The number of aromatic nitrogens is 3. The lowest BCUT2D eigenvalue weighted by atomic mass is 10.2. The van der Waals surface area contributed by atoms with Gasteiger partial charge in [-0.3, -0.25) is 14.7 Å². The summed E-state index contributed by atoms with van der Waals surface area (Å²) in [7, 11) is 0. The Morgan fingerprint density at radius 2 is 1.71 bits per heavy atom. The van der Waals surface area contributed by atoms with E-state index < -0.39 is 0 Å². The summed E-state index contributed by atoms with van der Waals surface area (Å²) in [5, 5.41) is 4.56. The first-order valence-corrected chi connectivity index (χ1v) is 9.80. The van der Waals surface area contributed by atoms with E-state index in [4.69, 9.17) is 11.6 Å². The lowest BCUT2D eigenvalue weighted by Crippen LogP contribution is -2.47. The molecule has 1 aliphatic heterocycles. The molecule has 0 bridgehead atoms. The summed E-state index contributed by atoms with van der Waals surface area (Å²) in [6.07, 6.45) is 4.47. The van der Waals surface area contributed by atoms with Gasteiger partial charge in [-0.25, -0.2) is 0 Å². The lowest BCUT2D eigenvalue weighted by Gasteiger charge is -2.36. The largest absolute Gasteiger partial charge is 0.366 e. The Morgan fingerprint density at radius 1 is 0.964 bits per heavy atom. The summed E-state index contributed by atoms with van der Waals surface area (Å²) >= 11 is 6.42. The molecule has 144 valence electrons. The highest BCUT2D eigenvalue weighted by molar-refractivity contribution is 6.33. The Hall–Kier alpha value is -2.70.